The molecule has 2 aromatic heterocycles. The summed E-state index contributed by atoms with van der Waals surface area (Å²) >= 11 is 6.58. The quantitative estimate of drug-likeness (QED) is 0.121. The maximum absolute atomic E-state index is 13.2. The first-order valence-electron chi connectivity index (χ1n) is 15.3. The number of likely N-dealkylation sites (tertiary alicyclic amines) is 1. The van der Waals surface area contributed by atoms with Crippen LogP contribution in [0.2, 0.25) is 5.02 Å². The predicted octanol–water partition coefficient (Wildman–Crippen LogP) is 6.11. The summed E-state index contributed by atoms with van der Waals surface area (Å²) < 4.78 is 22.2. The lowest BCUT2D eigenvalue weighted by molar-refractivity contribution is -0.112. The molecule has 3 heterocycles. The van der Waals surface area contributed by atoms with E-state index in [1.54, 1.807) is 50.8 Å². The zero-order chi connectivity index (χ0) is 33.0. The maximum Gasteiger partial charge on any atom is 0.248 e. The fourth-order valence-electron chi connectivity index (χ4n) is 5.15. The van der Waals surface area contributed by atoms with Gasteiger partial charge in [-0.2, -0.15) is 5.26 Å². The smallest absolute Gasteiger partial charge is 0.248 e. The number of carbonyl (C=O) groups is 1. The zero-order valence-corrected chi connectivity index (χ0v) is 27.2. The van der Waals surface area contributed by atoms with Crippen LogP contribution in [0.15, 0.2) is 72.6 Å². The molecule has 1 aliphatic heterocycles. The summed E-state index contributed by atoms with van der Waals surface area (Å²) in [5.41, 5.74) is 4.34. The van der Waals surface area contributed by atoms with Gasteiger partial charge in [-0.25, -0.2) is 0 Å². The number of fused-ring (bicyclic) bond motifs is 1. The maximum atomic E-state index is 13.2. The van der Waals surface area contributed by atoms with Crippen LogP contribution in [0.5, 0.6) is 11.5 Å². The van der Waals surface area contributed by atoms with Gasteiger partial charge in [-0.15, -0.1) is 0 Å². The number of aromatic nitrogens is 2. The van der Waals surface area contributed by atoms with Gasteiger partial charge in [0.25, 0.3) is 0 Å². The van der Waals surface area contributed by atoms with Crippen molar-refractivity contribution < 1.29 is 23.7 Å². The van der Waals surface area contributed by atoms with Gasteiger partial charge in [0.1, 0.15) is 30.8 Å². The molecule has 5 rings (SSSR count). The Hall–Kier alpha value is -4.73. The number of ether oxygens (including phenoxy) is 4. The molecule has 0 aliphatic carbocycles. The number of halogens is 1. The highest BCUT2D eigenvalue weighted by Gasteiger charge is 2.18. The van der Waals surface area contributed by atoms with Crippen molar-refractivity contribution in [2.24, 2.45) is 0 Å². The molecule has 0 saturated carbocycles. The van der Waals surface area contributed by atoms with Crippen LogP contribution in [0, 0.1) is 11.3 Å². The van der Waals surface area contributed by atoms with E-state index < -0.39 is 0 Å². The fraction of sp³-hybridized carbons (Fsp3) is 0.314. The van der Waals surface area contributed by atoms with Crippen molar-refractivity contribution in [2.45, 2.75) is 19.4 Å². The van der Waals surface area contributed by atoms with E-state index in [0.29, 0.717) is 63.3 Å². The largest absolute Gasteiger partial charge is 0.489 e. The van der Waals surface area contributed by atoms with Gasteiger partial charge in [0.15, 0.2) is 0 Å². The number of nitriles is 1. The SMILES string of the molecule is COCCOc1cc2ncc(C#N)c(Nc3ccc(OCc4ccccn4)c(Cl)c3)c2cc1NC(=O)C=C1CCN(CCOC)CC1. The molecule has 11 nitrogen and oxygen atoms in total. The molecule has 1 fully saturated rings. The lowest BCUT2D eigenvalue weighted by Crippen LogP contribution is -2.33. The molecule has 2 aromatic carbocycles. The first-order valence-corrected chi connectivity index (χ1v) is 15.6. The Morgan fingerprint density at radius 1 is 1.02 bits per heavy atom. The zero-order valence-electron chi connectivity index (χ0n) is 26.4. The minimum absolute atomic E-state index is 0.256. The Balaban J connectivity index is 1.40. The summed E-state index contributed by atoms with van der Waals surface area (Å²) in [6.45, 7) is 4.23. The third-order valence-electron chi connectivity index (χ3n) is 7.64. The number of nitrogens with zero attached hydrogens (tertiary/aromatic N) is 4. The van der Waals surface area contributed by atoms with Crippen LogP contribution in [0.4, 0.5) is 17.1 Å². The first kappa shape index (κ1) is 33.6. The number of nitrogens with one attached hydrogen (secondary N) is 2. The lowest BCUT2D eigenvalue weighted by Gasteiger charge is -2.27. The van der Waals surface area contributed by atoms with Crippen molar-refractivity contribution in [1.29, 1.82) is 5.26 Å². The Bertz CT molecular complexity index is 1750. The van der Waals surface area contributed by atoms with Gasteiger partial charge in [0.05, 0.1) is 46.4 Å². The molecule has 1 aliphatic rings. The van der Waals surface area contributed by atoms with Gasteiger partial charge in [0, 0.05) is 69.5 Å². The second-order valence-corrected chi connectivity index (χ2v) is 11.3. The summed E-state index contributed by atoms with van der Waals surface area (Å²) in [5.74, 6) is 0.685. The fourth-order valence-corrected chi connectivity index (χ4v) is 5.38. The number of amides is 1. The number of carbonyl (C=O) groups excluding carboxylic acids is 1. The predicted molar refractivity (Wildman–Crippen MR) is 181 cm³/mol. The highest BCUT2D eigenvalue weighted by Crippen LogP contribution is 2.37. The minimum Gasteiger partial charge on any atom is -0.489 e. The molecular formula is C35H37ClN6O5. The van der Waals surface area contributed by atoms with Crippen molar-refractivity contribution in [3.05, 3.63) is 88.9 Å². The summed E-state index contributed by atoms with van der Waals surface area (Å²) in [6, 6.07) is 16.6. The average Bonchev–Trinajstić information content (AvgIpc) is 3.08. The van der Waals surface area contributed by atoms with Gasteiger partial charge in [-0.3, -0.25) is 14.8 Å². The van der Waals surface area contributed by atoms with Gasteiger partial charge in [-0.1, -0.05) is 23.2 Å². The lowest BCUT2D eigenvalue weighted by atomic mass is 10.0. The van der Waals surface area contributed by atoms with Crippen molar-refractivity contribution in [3.8, 4) is 17.6 Å². The van der Waals surface area contributed by atoms with E-state index in [0.717, 1.165) is 43.7 Å². The number of benzene rings is 2. The number of hydrogen-bond acceptors (Lipinski definition) is 10. The Labute approximate surface area is 279 Å². The van der Waals surface area contributed by atoms with E-state index >= 15 is 0 Å². The van der Waals surface area contributed by atoms with E-state index in [9.17, 15) is 10.1 Å². The third-order valence-corrected chi connectivity index (χ3v) is 7.94. The second kappa shape index (κ2) is 16.7. The second-order valence-electron chi connectivity index (χ2n) is 10.9. The monoisotopic (exact) mass is 656 g/mol. The molecule has 1 amide bonds. The Kier molecular flexibility index (Phi) is 12.0. The van der Waals surface area contributed by atoms with Crippen molar-refractivity contribution in [2.75, 3.05) is 64.3 Å². The molecule has 0 atom stereocenters. The van der Waals surface area contributed by atoms with E-state index in [1.807, 2.05) is 24.3 Å². The van der Waals surface area contributed by atoms with Crippen molar-refractivity contribution >= 4 is 45.5 Å². The topological polar surface area (TPSA) is 131 Å². The van der Waals surface area contributed by atoms with E-state index in [2.05, 4.69) is 31.6 Å². The number of rotatable bonds is 14. The number of anilines is 3. The standard InChI is InChI=1S/C35H37ClN6O5/c1-44-14-13-42-11-8-24(9-12-42)17-34(43)41-31-19-28-30(20-33(31)46-16-15-45-2)39-22-25(21-37)35(28)40-26-6-7-32(29(36)18-26)47-23-27-5-3-4-10-38-27/h3-7,10,17-20,22H,8-9,11-16,23H2,1-2H3,(H,39,40)(H,41,43). The molecule has 0 bridgehead atoms. The van der Waals surface area contributed by atoms with Crippen molar-refractivity contribution in [1.82, 2.24) is 14.9 Å². The van der Waals surface area contributed by atoms with Crippen LogP contribution in [-0.2, 0) is 20.9 Å². The molecule has 0 unspecified atom stereocenters. The van der Waals surface area contributed by atoms with Gasteiger partial charge < -0.3 is 34.5 Å². The Morgan fingerprint density at radius 2 is 1.85 bits per heavy atom. The number of hydrogen-bond donors (Lipinski definition) is 2. The summed E-state index contributed by atoms with van der Waals surface area (Å²) in [5, 5.41) is 17.3. The summed E-state index contributed by atoms with van der Waals surface area (Å²) in [7, 11) is 3.29. The van der Waals surface area contributed by atoms with E-state index in [1.165, 1.54) is 6.20 Å². The highest BCUT2D eigenvalue weighted by molar-refractivity contribution is 6.32. The molecule has 12 heteroatoms. The molecular weight excluding hydrogens is 620 g/mol. The van der Waals surface area contributed by atoms with E-state index in [4.69, 9.17) is 30.5 Å². The Morgan fingerprint density at radius 3 is 2.57 bits per heavy atom. The van der Waals surface area contributed by atoms with Gasteiger partial charge in [-0.05, 0) is 49.2 Å². The number of pyridine rings is 2. The van der Waals surface area contributed by atoms with Crippen LogP contribution in [0.25, 0.3) is 10.9 Å². The summed E-state index contributed by atoms with van der Waals surface area (Å²) in [6.07, 6.45) is 6.49. The number of methoxy groups -OCH3 is 2. The average molecular weight is 657 g/mol. The van der Waals surface area contributed by atoms with Crippen LogP contribution in [0.3, 0.4) is 0 Å². The molecule has 0 radical (unpaired) electrons. The number of piperidine rings is 1. The third kappa shape index (κ3) is 9.18. The molecule has 0 spiro atoms. The molecule has 2 N–H and O–H groups in total. The van der Waals surface area contributed by atoms with Crippen LogP contribution < -0.4 is 20.1 Å². The molecule has 4 aromatic rings. The highest BCUT2D eigenvalue weighted by atomic mass is 35.5. The normalized spacial score (nSPS) is 13.2. The van der Waals surface area contributed by atoms with Crippen LogP contribution in [0.1, 0.15) is 24.1 Å². The first-order chi connectivity index (χ1) is 23.0. The van der Waals surface area contributed by atoms with Gasteiger partial charge in [0.2, 0.25) is 5.91 Å². The summed E-state index contributed by atoms with van der Waals surface area (Å²) in [4.78, 5) is 24.4. The minimum atomic E-state index is -0.256. The van der Waals surface area contributed by atoms with Crippen LogP contribution in [-0.4, -0.2) is 74.4 Å². The molecule has 244 valence electrons. The molecule has 47 heavy (non-hydrogen) atoms. The van der Waals surface area contributed by atoms with Gasteiger partial charge >= 0.3 is 0 Å². The van der Waals surface area contributed by atoms with Crippen LogP contribution >= 0.6 is 11.6 Å². The van der Waals surface area contributed by atoms with E-state index in [-0.39, 0.29) is 19.1 Å². The molecule has 1 saturated heterocycles. The van der Waals surface area contributed by atoms with Crippen molar-refractivity contribution in [3.63, 3.8) is 0 Å².